The van der Waals surface area contributed by atoms with Gasteiger partial charge in [-0.05, 0) is 40.9 Å². The van der Waals surface area contributed by atoms with Crippen LogP contribution in [0.2, 0.25) is 0 Å². The van der Waals surface area contributed by atoms with Gasteiger partial charge in [-0.3, -0.25) is 0 Å². The molecule has 0 spiro atoms. The summed E-state index contributed by atoms with van der Waals surface area (Å²) in [6.07, 6.45) is 4.52. The van der Waals surface area contributed by atoms with E-state index in [0.29, 0.717) is 5.56 Å². The summed E-state index contributed by atoms with van der Waals surface area (Å²) in [6.45, 7) is 0. The molecule has 0 heterocycles. The van der Waals surface area contributed by atoms with Gasteiger partial charge in [0.05, 0.1) is 4.47 Å². The summed E-state index contributed by atoms with van der Waals surface area (Å²) >= 11 is 3.02. The second-order valence-corrected chi connectivity index (χ2v) is 5.32. The van der Waals surface area contributed by atoms with Crippen LogP contribution in [-0.2, 0) is 5.54 Å². The summed E-state index contributed by atoms with van der Waals surface area (Å²) < 4.78 is 27.3. The minimum Gasteiger partial charge on any atom is -0.321 e. The van der Waals surface area contributed by atoms with E-state index < -0.39 is 17.2 Å². The van der Waals surface area contributed by atoms with Crippen LogP contribution < -0.4 is 5.73 Å². The molecule has 1 aromatic rings. The first-order valence-corrected chi connectivity index (χ1v) is 6.26. The Hall–Kier alpha value is -0.480. The normalized spacial score (nSPS) is 19.8. The molecule has 0 aliphatic heterocycles. The predicted octanol–water partition coefficient (Wildman–Crippen LogP) is 3.85. The topological polar surface area (TPSA) is 26.0 Å². The van der Waals surface area contributed by atoms with Crippen molar-refractivity contribution < 1.29 is 8.78 Å². The molecule has 16 heavy (non-hydrogen) atoms. The second-order valence-electron chi connectivity index (χ2n) is 4.47. The van der Waals surface area contributed by atoms with Crippen molar-refractivity contribution in [2.75, 3.05) is 0 Å². The fourth-order valence-electron chi connectivity index (χ4n) is 2.37. The lowest BCUT2D eigenvalue weighted by molar-refractivity contribution is 0.291. The van der Waals surface area contributed by atoms with Crippen LogP contribution in [0.15, 0.2) is 16.6 Å². The van der Waals surface area contributed by atoms with Crippen molar-refractivity contribution in [2.45, 2.75) is 37.6 Å². The molecule has 0 aromatic heterocycles. The summed E-state index contributed by atoms with van der Waals surface area (Å²) in [6, 6.07) is 2.36. The molecule has 1 nitrogen and oxygen atoms in total. The smallest absolute Gasteiger partial charge is 0.142 e. The van der Waals surface area contributed by atoms with Gasteiger partial charge in [-0.2, -0.15) is 0 Å². The average Bonchev–Trinajstić information content (AvgIpc) is 2.24. The Morgan fingerprint density at radius 2 is 1.75 bits per heavy atom. The van der Waals surface area contributed by atoms with Gasteiger partial charge < -0.3 is 5.73 Å². The maximum atomic E-state index is 13.9. The molecule has 88 valence electrons. The Bertz CT molecular complexity index is 400. The molecule has 1 saturated carbocycles. The maximum absolute atomic E-state index is 13.9. The molecule has 0 radical (unpaired) electrons. The monoisotopic (exact) mass is 289 g/mol. The van der Waals surface area contributed by atoms with E-state index in [2.05, 4.69) is 15.9 Å². The molecule has 0 amide bonds. The zero-order valence-electron chi connectivity index (χ0n) is 8.90. The van der Waals surface area contributed by atoms with Gasteiger partial charge in [0.1, 0.15) is 11.6 Å². The number of hydrogen-bond acceptors (Lipinski definition) is 1. The average molecular weight is 290 g/mol. The fourth-order valence-corrected chi connectivity index (χ4v) is 2.80. The molecule has 0 bridgehead atoms. The first kappa shape index (κ1) is 12.0. The van der Waals surface area contributed by atoms with Crippen LogP contribution in [0.5, 0.6) is 0 Å². The van der Waals surface area contributed by atoms with Crippen LogP contribution in [0, 0.1) is 11.6 Å². The third kappa shape index (κ3) is 2.13. The van der Waals surface area contributed by atoms with Crippen molar-refractivity contribution in [3.8, 4) is 0 Å². The number of benzene rings is 1. The van der Waals surface area contributed by atoms with Crippen molar-refractivity contribution in [1.29, 1.82) is 0 Å². The van der Waals surface area contributed by atoms with E-state index in [0.717, 1.165) is 38.2 Å². The van der Waals surface area contributed by atoms with Crippen molar-refractivity contribution in [3.63, 3.8) is 0 Å². The summed E-state index contributed by atoms with van der Waals surface area (Å²) in [4.78, 5) is 0. The summed E-state index contributed by atoms with van der Waals surface area (Å²) in [5.74, 6) is -0.871. The van der Waals surface area contributed by atoms with Gasteiger partial charge in [-0.1, -0.05) is 19.3 Å². The van der Waals surface area contributed by atoms with Crippen LogP contribution in [0.1, 0.15) is 37.7 Å². The minimum atomic E-state index is -0.701. The van der Waals surface area contributed by atoms with Gasteiger partial charge >= 0.3 is 0 Å². The van der Waals surface area contributed by atoms with Crippen LogP contribution >= 0.6 is 15.9 Å². The van der Waals surface area contributed by atoms with Gasteiger partial charge in [0.15, 0.2) is 0 Å². The van der Waals surface area contributed by atoms with E-state index in [1.807, 2.05) is 0 Å². The highest BCUT2D eigenvalue weighted by atomic mass is 79.9. The van der Waals surface area contributed by atoms with Crippen LogP contribution in [0.25, 0.3) is 0 Å². The van der Waals surface area contributed by atoms with Gasteiger partial charge in [0.25, 0.3) is 0 Å². The Labute approximate surface area is 102 Å². The summed E-state index contributed by atoms with van der Waals surface area (Å²) in [7, 11) is 0. The van der Waals surface area contributed by atoms with Crippen molar-refractivity contribution in [2.24, 2.45) is 5.73 Å². The third-order valence-corrected chi connectivity index (χ3v) is 3.85. The van der Waals surface area contributed by atoms with E-state index in [9.17, 15) is 8.78 Å². The SMILES string of the molecule is NC1(c2cc(F)cc(Br)c2F)CCCCC1. The van der Waals surface area contributed by atoms with Crippen molar-refractivity contribution in [1.82, 2.24) is 0 Å². The third-order valence-electron chi connectivity index (χ3n) is 3.28. The first-order chi connectivity index (χ1) is 7.53. The summed E-state index contributed by atoms with van der Waals surface area (Å²) in [5.41, 5.74) is 5.79. The highest BCUT2D eigenvalue weighted by Crippen LogP contribution is 2.37. The van der Waals surface area contributed by atoms with E-state index in [-0.39, 0.29) is 4.47 Å². The number of hydrogen-bond donors (Lipinski definition) is 1. The van der Waals surface area contributed by atoms with Crippen LogP contribution in [-0.4, -0.2) is 0 Å². The lowest BCUT2D eigenvalue weighted by atomic mass is 9.77. The maximum Gasteiger partial charge on any atom is 0.142 e. The fraction of sp³-hybridized carbons (Fsp3) is 0.500. The van der Waals surface area contributed by atoms with E-state index in [4.69, 9.17) is 5.73 Å². The molecule has 1 aliphatic carbocycles. The number of rotatable bonds is 1. The zero-order valence-corrected chi connectivity index (χ0v) is 10.5. The van der Waals surface area contributed by atoms with Crippen molar-refractivity contribution >= 4 is 15.9 Å². The van der Waals surface area contributed by atoms with Gasteiger partial charge in [0.2, 0.25) is 0 Å². The summed E-state index contributed by atoms with van der Waals surface area (Å²) in [5, 5.41) is 0. The molecule has 1 fully saturated rings. The predicted molar refractivity (Wildman–Crippen MR) is 63.0 cm³/mol. The second kappa shape index (κ2) is 4.41. The standard InChI is InChI=1S/C12H14BrF2N/c13-10-7-8(14)6-9(11(10)15)12(16)4-2-1-3-5-12/h6-7H,1-5,16H2. The Morgan fingerprint density at radius 3 is 2.38 bits per heavy atom. The largest absolute Gasteiger partial charge is 0.321 e. The lowest BCUT2D eigenvalue weighted by Gasteiger charge is -2.34. The molecule has 2 rings (SSSR count). The molecule has 0 saturated heterocycles. The van der Waals surface area contributed by atoms with Crippen LogP contribution in [0.3, 0.4) is 0 Å². The van der Waals surface area contributed by atoms with Crippen LogP contribution in [0.4, 0.5) is 8.78 Å². The molecule has 2 N–H and O–H groups in total. The minimum absolute atomic E-state index is 0.151. The van der Waals surface area contributed by atoms with Gasteiger partial charge in [0, 0.05) is 11.1 Å². The molecule has 4 heteroatoms. The molecular formula is C12H14BrF2N. The molecular weight excluding hydrogens is 276 g/mol. The van der Waals surface area contributed by atoms with Crippen molar-refractivity contribution in [3.05, 3.63) is 33.8 Å². The lowest BCUT2D eigenvalue weighted by Crippen LogP contribution is -2.39. The molecule has 0 unspecified atom stereocenters. The highest BCUT2D eigenvalue weighted by molar-refractivity contribution is 9.10. The Morgan fingerprint density at radius 1 is 1.12 bits per heavy atom. The van der Waals surface area contributed by atoms with E-state index >= 15 is 0 Å². The van der Waals surface area contributed by atoms with E-state index in [1.165, 1.54) is 6.07 Å². The zero-order chi connectivity index (χ0) is 11.8. The molecule has 1 aliphatic rings. The highest BCUT2D eigenvalue weighted by Gasteiger charge is 2.33. The van der Waals surface area contributed by atoms with E-state index in [1.54, 1.807) is 0 Å². The number of halogens is 3. The van der Waals surface area contributed by atoms with Gasteiger partial charge in [-0.25, -0.2) is 8.78 Å². The first-order valence-electron chi connectivity index (χ1n) is 5.47. The quantitative estimate of drug-likeness (QED) is 0.781. The molecule has 0 atom stereocenters. The number of nitrogens with two attached hydrogens (primary N) is 1. The Kier molecular flexibility index (Phi) is 3.31. The molecule has 1 aromatic carbocycles. The van der Waals surface area contributed by atoms with Gasteiger partial charge in [-0.15, -0.1) is 0 Å². The Balaban J connectivity index is 2.45.